The van der Waals surface area contributed by atoms with E-state index in [4.69, 9.17) is 57.9 Å². The Kier molecular flexibility index (Phi) is 37.3. The molecule has 2 heterocycles. The number of nitrogens with two attached hydrogens (primary N) is 1. The maximum atomic E-state index is 13.6. The first kappa shape index (κ1) is 70.0. The summed E-state index contributed by atoms with van der Waals surface area (Å²) in [6, 6.07) is 2.10. The number of rotatable bonds is 48. The summed E-state index contributed by atoms with van der Waals surface area (Å²) in [7, 11) is 2.10. The van der Waals surface area contributed by atoms with E-state index < -0.39 is 41.4 Å². The number of benzene rings is 1. The van der Waals surface area contributed by atoms with Crippen molar-refractivity contribution in [1.29, 1.82) is 0 Å². The third kappa shape index (κ3) is 32.4. The second-order valence-electron chi connectivity index (χ2n) is 19.5. The lowest BCUT2D eigenvalue weighted by Crippen LogP contribution is -2.37. The van der Waals surface area contributed by atoms with Crippen molar-refractivity contribution in [3.05, 3.63) is 50.7 Å². The van der Waals surface area contributed by atoms with Crippen LogP contribution in [0.15, 0.2) is 22.7 Å². The number of unbranched alkanes of at least 4 members (excludes halogenated alkanes) is 2. The Morgan fingerprint density at radius 2 is 1.14 bits per heavy atom. The van der Waals surface area contributed by atoms with Crippen LogP contribution >= 0.6 is 11.3 Å². The number of hydrogen-bond donors (Lipinski definition) is 2. The molecule has 0 fully saturated rings. The summed E-state index contributed by atoms with van der Waals surface area (Å²) in [5.41, 5.74) is 7.50. The molecule has 25 heteroatoms. The van der Waals surface area contributed by atoms with Gasteiger partial charge in [0.1, 0.15) is 5.84 Å². The molecule has 2 aromatic rings. The number of nitrogens with one attached hydrogen (secondary N) is 1. The Morgan fingerprint density at radius 3 is 1.62 bits per heavy atom. The zero-order valence-corrected chi connectivity index (χ0v) is 48.3. The van der Waals surface area contributed by atoms with Crippen LogP contribution in [0.3, 0.4) is 0 Å². The molecule has 3 N–H and O–H groups in total. The molecule has 20 nitrogen and oxygen atoms in total. The smallest absolute Gasteiger partial charge is 0.313 e. The van der Waals surface area contributed by atoms with Gasteiger partial charge in [0, 0.05) is 49.0 Å². The molecular formula is C55H87F4N5O15S. The summed E-state index contributed by atoms with van der Waals surface area (Å²) in [6.45, 7) is 18.3. The average molecular weight is 1170 g/mol. The second kappa shape index (κ2) is 42.6. The number of esters is 1. The van der Waals surface area contributed by atoms with Gasteiger partial charge in [-0.1, -0.05) is 34.1 Å². The van der Waals surface area contributed by atoms with Crippen LogP contribution in [0.25, 0.3) is 6.08 Å². The van der Waals surface area contributed by atoms with Crippen molar-refractivity contribution in [1.82, 2.24) is 15.3 Å². The van der Waals surface area contributed by atoms with Crippen LogP contribution in [-0.4, -0.2) is 206 Å². The number of hydroxylamine groups is 2. The number of nitrogens with zero attached hydrogens (tertiary/aromatic N) is 3. The number of thiophene rings is 1. The molecule has 0 radical (unpaired) electrons. The van der Waals surface area contributed by atoms with Crippen molar-refractivity contribution in [3.8, 4) is 5.75 Å². The lowest BCUT2D eigenvalue weighted by Gasteiger charge is -2.23. The third-order valence-electron chi connectivity index (χ3n) is 11.2. The van der Waals surface area contributed by atoms with Crippen LogP contribution in [0.5, 0.6) is 5.75 Å². The van der Waals surface area contributed by atoms with Crippen molar-refractivity contribution >= 4 is 46.7 Å². The van der Waals surface area contributed by atoms with Crippen molar-refractivity contribution in [2.24, 2.45) is 16.1 Å². The topological polar surface area (TPSA) is 219 Å². The van der Waals surface area contributed by atoms with Gasteiger partial charge in [-0.2, -0.15) is 8.78 Å². The van der Waals surface area contributed by atoms with Gasteiger partial charge in [-0.25, -0.2) is 18.8 Å². The molecular weight excluding hydrogens is 1080 g/mol. The molecule has 0 atom stereocenters. The number of fused-ring (bicyclic) bond motifs is 1. The van der Waals surface area contributed by atoms with E-state index in [0.717, 1.165) is 49.3 Å². The van der Waals surface area contributed by atoms with Crippen molar-refractivity contribution in [2.45, 2.75) is 79.1 Å². The Morgan fingerprint density at radius 1 is 0.650 bits per heavy atom. The molecule has 1 aliphatic rings. The number of hydrogen-bond acceptors (Lipinski definition) is 19. The predicted molar refractivity (Wildman–Crippen MR) is 293 cm³/mol. The van der Waals surface area contributed by atoms with E-state index >= 15 is 0 Å². The van der Waals surface area contributed by atoms with E-state index in [-0.39, 0.29) is 56.1 Å². The molecule has 1 aliphatic heterocycles. The Hall–Kier alpha value is -4.22. The molecule has 0 spiro atoms. The van der Waals surface area contributed by atoms with E-state index in [0.29, 0.717) is 150 Å². The first-order valence-corrected chi connectivity index (χ1v) is 28.3. The van der Waals surface area contributed by atoms with E-state index in [1.807, 2.05) is 33.8 Å². The summed E-state index contributed by atoms with van der Waals surface area (Å²) in [6.07, 6.45) is 6.99. The number of carbonyl (C=O) groups excluding carboxylic acids is 3. The minimum Gasteiger partial charge on any atom is -0.420 e. The summed E-state index contributed by atoms with van der Waals surface area (Å²) in [4.78, 5) is 52.4. The number of amidine groups is 1. The van der Waals surface area contributed by atoms with E-state index in [1.54, 1.807) is 11.3 Å². The lowest BCUT2D eigenvalue weighted by atomic mass is 9.92. The first-order chi connectivity index (χ1) is 38.6. The van der Waals surface area contributed by atoms with Gasteiger partial charge in [0.05, 0.1) is 156 Å². The SMILES string of the molecule is CCCN(OCCNC(=O)CC(C)(C)C)C(=O)C1=Cc2sc(CCCCCN(C)CCOCCOCCOCCOCCOCCOCCOCCOCCOCCOCCC(=O)Oc3c(F)c(F)cc(F)c3F)cc2N=C(N)C1. The van der Waals surface area contributed by atoms with Crippen LogP contribution in [0.1, 0.15) is 82.4 Å². The highest BCUT2D eigenvalue weighted by Gasteiger charge is 2.25. The minimum atomic E-state index is -1.80. The van der Waals surface area contributed by atoms with Crippen LogP contribution < -0.4 is 15.8 Å². The molecule has 1 aromatic carbocycles. The standard InChI is InChI=1S/C55H87F4N5O15S/c1-6-13-64(78-17-12-61-49(65)41-55(2,3)4)54(67)42-37-47-46(62-48(60)38-42)39-43(80-47)10-8-7-9-14-63(5)15-18-69-20-22-71-24-26-73-28-30-75-32-34-77-36-35-76-33-31-74-29-27-72-25-23-70-21-19-68-16-11-50(66)79-53-51(58)44(56)40-45(57)52(53)59/h37,39-40H,6-36,38,41H2,1-5H3,(H2,60,62)(H,61,65). The zero-order chi connectivity index (χ0) is 58.2. The quantitative estimate of drug-likeness (QED) is 0.0178. The van der Waals surface area contributed by atoms with Gasteiger partial charge < -0.3 is 68.1 Å². The van der Waals surface area contributed by atoms with Gasteiger partial charge in [0.25, 0.3) is 5.91 Å². The number of aliphatic imine (C=N–C) groups is 1. The summed E-state index contributed by atoms with van der Waals surface area (Å²) >= 11 is 1.65. The number of carbonyl (C=O) groups is 3. The molecule has 0 saturated carbocycles. The highest BCUT2D eigenvalue weighted by molar-refractivity contribution is 7.13. The number of likely N-dealkylation sites (N-methyl/N-ethyl adjacent to an activating group) is 1. The molecule has 0 aliphatic carbocycles. The number of ether oxygens (including phenoxy) is 11. The monoisotopic (exact) mass is 1170 g/mol. The normalized spacial score (nSPS) is 12.6. The number of amides is 2. The molecule has 456 valence electrons. The summed E-state index contributed by atoms with van der Waals surface area (Å²) in [5, 5.41) is 4.24. The van der Waals surface area contributed by atoms with E-state index in [2.05, 4.69) is 33.1 Å². The fraction of sp³-hybridized carbons (Fsp3) is 0.709. The summed E-state index contributed by atoms with van der Waals surface area (Å²) < 4.78 is 113. The molecule has 3 rings (SSSR count). The van der Waals surface area contributed by atoms with Gasteiger partial charge in [-0.05, 0) is 56.8 Å². The third-order valence-corrected chi connectivity index (χ3v) is 12.3. The first-order valence-electron chi connectivity index (χ1n) is 27.4. The van der Waals surface area contributed by atoms with Crippen molar-refractivity contribution in [3.63, 3.8) is 0 Å². The number of aryl methyl sites for hydroxylation is 1. The minimum absolute atomic E-state index is 0.0176. The molecule has 0 saturated heterocycles. The van der Waals surface area contributed by atoms with Crippen LogP contribution in [0.2, 0.25) is 0 Å². The fourth-order valence-electron chi connectivity index (χ4n) is 7.21. The van der Waals surface area contributed by atoms with Gasteiger partial charge in [0.2, 0.25) is 23.3 Å². The highest BCUT2D eigenvalue weighted by atomic mass is 32.1. The molecule has 0 unspecified atom stereocenters. The van der Waals surface area contributed by atoms with Crippen LogP contribution in [-0.2, 0) is 73.0 Å². The van der Waals surface area contributed by atoms with E-state index in [9.17, 15) is 31.9 Å². The van der Waals surface area contributed by atoms with Gasteiger partial charge in [-0.15, -0.1) is 11.3 Å². The van der Waals surface area contributed by atoms with Gasteiger partial charge >= 0.3 is 5.97 Å². The fourth-order valence-corrected chi connectivity index (χ4v) is 8.32. The summed E-state index contributed by atoms with van der Waals surface area (Å²) in [5.74, 6) is -9.41. The highest BCUT2D eigenvalue weighted by Crippen LogP contribution is 2.36. The lowest BCUT2D eigenvalue weighted by molar-refractivity contribution is -0.181. The second-order valence-corrected chi connectivity index (χ2v) is 20.7. The Bertz CT molecular complexity index is 2090. The largest absolute Gasteiger partial charge is 0.420 e. The number of halogens is 4. The maximum Gasteiger partial charge on any atom is 0.313 e. The zero-order valence-electron chi connectivity index (χ0n) is 47.5. The predicted octanol–water partition coefficient (Wildman–Crippen LogP) is 6.61. The maximum absolute atomic E-state index is 13.6. The average Bonchev–Trinajstić information content (AvgIpc) is 3.80. The van der Waals surface area contributed by atoms with Gasteiger partial charge in [-0.3, -0.25) is 19.2 Å². The van der Waals surface area contributed by atoms with E-state index in [1.165, 1.54) is 9.94 Å². The van der Waals surface area contributed by atoms with Crippen molar-refractivity contribution < 1.29 is 88.9 Å². The molecule has 80 heavy (non-hydrogen) atoms. The van der Waals surface area contributed by atoms with Crippen LogP contribution in [0, 0.1) is 28.7 Å². The van der Waals surface area contributed by atoms with Crippen molar-refractivity contribution in [2.75, 3.05) is 172 Å². The Labute approximate surface area is 473 Å². The molecule has 2 amide bonds. The molecule has 1 aromatic heterocycles. The Balaban J connectivity index is 1.03. The van der Waals surface area contributed by atoms with Crippen LogP contribution in [0.4, 0.5) is 23.2 Å². The van der Waals surface area contributed by atoms with Gasteiger partial charge in [0.15, 0.2) is 11.6 Å². The molecule has 0 bridgehead atoms.